The quantitative estimate of drug-likeness (QED) is 0.605. The molecule has 3 nitrogen and oxygen atoms in total. The maximum absolute atomic E-state index is 11.2. The van der Waals surface area contributed by atoms with E-state index >= 15 is 0 Å². The lowest BCUT2D eigenvalue weighted by Crippen LogP contribution is -2.43. The molecule has 0 spiro atoms. The van der Waals surface area contributed by atoms with Crippen molar-refractivity contribution in [1.29, 1.82) is 0 Å². The van der Waals surface area contributed by atoms with Gasteiger partial charge in [-0.15, -0.1) is 0 Å². The summed E-state index contributed by atoms with van der Waals surface area (Å²) in [4.78, 5) is 11.2. The molecule has 0 aromatic rings. The molecule has 2 N–H and O–H groups in total. The first-order chi connectivity index (χ1) is 5.09. The highest BCUT2D eigenvalue weighted by atomic mass is 16.3. The van der Waals surface area contributed by atoms with Crippen molar-refractivity contribution in [3.8, 4) is 0 Å². The van der Waals surface area contributed by atoms with Gasteiger partial charge in [0.15, 0.2) is 0 Å². The van der Waals surface area contributed by atoms with E-state index in [-0.39, 0.29) is 24.0 Å². The van der Waals surface area contributed by atoms with Gasteiger partial charge in [-0.2, -0.15) is 0 Å². The largest absolute Gasteiger partial charge is 0.393 e. The van der Waals surface area contributed by atoms with Gasteiger partial charge >= 0.3 is 0 Å². The maximum atomic E-state index is 11.2. The second-order valence-corrected chi connectivity index (χ2v) is 3.49. The van der Waals surface area contributed by atoms with E-state index in [2.05, 4.69) is 5.32 Å². The van der Waals surface area contributed by atoms with E-state index in [1.165, 1.54) is 0 Å². The Kier molecular flexibility index (Phi) is 2.49. The van der Waals surface area contributed by atoms with Gasteiger partial charge in [0.2, 0.25) is 5.91 Å². The topological polar surface area (TPSA) is 49.3 Å². The minimum atomic E-state index is -0.238. The van der Waals surface area contributed by atoms with Crippen molar-refractivity contribution in [3.63, 3.8) is 0 Å². The fourth-order valence-electron chi connectivity index (χ4n) is 1.20. The molecule has 0 atom stereocenters. The lowest BCUT2D eigenvalue weighted by Gasteiger charge is -2.30. The number of amides is 1. The first-order valence-corrected chi connectivity index (χ1v) is 4.08. The Morgan fingerprint density at radius 3 is 2.45 bits per heavy atom. The number of hydrogen-bond acceptors (Lipinski definition) is 2. The van der Waals surface area contributed by atoms with E-state index < -0.39 is 0 Å². The fourth-order valence-corrected chi connectivity index (χ4v) is 1.20. The van der Waals surface area contributed by atoms with Crippen LogP contribution < -0.4 is 5.32 Å². The maximum Gasteiger partial charge on any atom is 0.223 e. The predicted octanol–water partition coefficient (Wildman–Crippen LogP) is 0.282. The molecular formula is C8H15NO2. The third-order valence-electron chi connectivity index (χ3n) is 1.91. The number of carbonyl (C=O) groups excluding carboxylic acids is 1. The highest BCUT2D eigenvalue weighted by Crippen LogP contribution is 2.26. The van der Waals surface area contributed by atoms with Crippen LogP contribution in [-0.2, 0) is 4.79 Å². The van der Waals surface area contributed by atoms with Crippen LogP contribution in [0.4, 0.5) is 0 Å². The summed E-state index contributed by atoms with van der Waals surface area (Å²) >= 11 is 0. The monoisotopic (exact) mass is 157 g/mol. The van der Waals surface area contributed by atoms with Crippen molar-refractivity contribution in [1.82, 2.24) is 5.32 Å². The average molecular weight is 157 g/mol. The first-order valence-electron chi connectivity index (χ1n) is 4.08. The molecule has 0 bridgehead atoms. The average Bonchev–Trinajstić information content (AvgIpc) is 1.79. The molecule has 0 aromatic carbocycles. The molecule has 1 amide bonds. The standard InChI is InChI=1S/C8H15NO2/c1-5(2)9-8(11)6-3-7(10)4-6/h5-7,10H,3-4H2,1-2H3,(H,9,11). The smallest absolute Gasteiger partial charge is 0.223 e. The van der Waals surface area contributed by atoms with Crippen LogP contribution in [0, 0.1) is 5.92 Å². The van der Waals surface area contributed by atoms with Crippen LogP contribution >= 0.6 is 0 Å². The van der Waals surface area contributed by atoms with Gasteiger partial charge in [-0.25, -0.2) is 0 Å². The summed E-state index contributed by atoms with van der Waals surface area (Å²) < 4.78 is 0. The van der Waals surface area contributed by atoms with Crippen LogP contribution in [0.25, 0.3) is 0 Å². The summed E-state index contributed by atoms with van der Waals surface area (Å²) in [5, 5.41) is 11.7. The number of aliphatic hydroxyl groups excluding tert-OH is 1. The molecule has 1 saturated carbocycles. The van der Waals surface area contributed by atoms with E-state index in [0.717, 1.165) is 0 Å². The molecule has 64 valence electrons. The zero-order chi connectivity index (χ0) is 8.43. The Hall–Kier alpha value is -0.570. The number of nitrogens with one attached hydrogen (secondary N) is 1. The minimum Gasteiger partial charge on any atom is -0.393 e. The van der Waals surface area contributed by atoms with Crippen molar-refractivity contribution in [2.24, 2.45) is 5.92 Å². The fraction of sp³-hybridized carbons (Fsp3) is 0.875. The SMILES string of the molecule is CC(C)NC(=O)C1CC(O)C1. The predicted molar refractivity (Wildman–Crippen MR) is 42.0 cm³/mol. The van der Waals surface area contributed by atoms with Crippen LogP contribution in [0.15, 0.2) is 0 Å². The van der Waals surface area contributed by atoms with E-state index in [4.69, 9.17) is 5.11 Å². The molecule has 0 unspecified atom stereocenters. The molecule has 11 heavy (non-hydrogen) atoms. The summed E-state index contributed by atoms with van der Waals surface area (Å²) in [7, 11) is 0. The lowest BCUT2D eigenvalue weighted by atomic mass is 9.82. The first kappa shape index (κ1) is 8.53. The van der Waals surface area contributed by atoms with Gasteiger partial charge in [0.05, 0.1) is 6.10 Å². The molecule has 3 heteroatoms. The normalized spacial score (nSPS) is 29.8. The molecule has 1 aliphatic rings. The van der Waals surface area contributed by atoms with Crippen LogP contribution in [0.3, 0.4) is 0 Å². The van der Waals surface area contributed by atoms with E-state index in [9.17, 15) is 4.79 Å². The molecule has 0 aliphatic heterocycles. The Labute approximate surface area is 66.8 Å². The van der Waals surface area contributed by atoms with Crippen molar-refractivity contribution in [2.75, 3.05) is 0 Å². The molecule has 1 fully saturated rings. The van der Waals surface area contributed by atoms with E-state index in [0.29, 0.717) is 12.8 Å². The minimum absolute atomic E-state index is 0.0624. The second-order valence-electron chi connectivity index (χ2n) is 3.49. The highest BCUT2D eigenvalue weighted by Gasteiger charge is 2.32. The van der Waals surface area contributed by atoms with Gasteiger partial charge in [0.25, 0.3) is 0 Å². The zero-order valence-corrected chi connectivity index (χ0v) is 7.00. The summed E-state index contributed by atoms with van der Waals surface area (Å²) in [6.07, 6.45) is 1.04. The number of rotatable bonds is 2. The van der Waals surface area contributed by atoms with Gasteiger partial charge < -0.3 is 10.4 Å². The van der Waals surface area contributed by atoms with Crippen molar-refractivity contribution in [2.45, 2.75) is 38.8 Å². The Balaban J connectivity index is 2.21. The molecule has 0 heterocycles. The van der Waals surface area contributed by atoms with Crippen molar-refractivity contribution < 1.29 is 9.90 Å². The summed E-state index contributed by atoms with van der Waals surface area (Å²) in [5.41, 5.74) is 0. The molecular weight excluding hydrogens is 142 g/mol. The van der Waals surface area contributed by atoms with Gasteiger partial charge in [-0.1, -0.05) is 0 Å². The Bertz CT molecular complexity index is 150. The molecule has 0 aromatic heterocycles. The number of aliphatic hydroxyl groups is 1. The summed E-state index contributed by atoms with van der Waals surface area (Å²) in [6, 6.07) is 0.209. The third kappa shape index (κ3) is 2.19. The van der Waals surface area contributed by atoms with Crippen LogP contribution in [0.2, 0.25) is 0 Å². The van der Waals surface area contributed by atoms with Gasteiger partial charge in [0, 0.05) is 12.0 Å². The molecule has 1 aliphatic carbocycles. The second kappa shape index (κ2) is 3.22. The third-order valence-corrected chi connectivity index (χ3v) is 1.91. The Morgan fingerprint density at radius 2 is 2.09 bits per heavy atom. The van der Waals surface area contributed by atoms with E-state index in [1.807, 2.05) is 13.8 Å². The number of hydrogen-bond donors (Lipinski definition) is 2. The highest BCUT2D eigenvalue weighted by molar-refractivity contribution is 5.79. The van der Waals surface area contributed by atoms with Crippen molar-refractivity contribution in [3.05, 3.63) is 0 Å². The van der Waals surface area contributed by atoms with Crippen LogP contribution in [0.5, 0.6) is 0 Å². The number of carbonyl (C=O) groups is 1. The summed E-state index contributed by atoms with van der Waals surface area (Å²) in [5.74, 6) is 0.151. The van der Waals surface area contributed by atoms with Gasteiger partial charge in [0.1, 0.15) is 0 Å². The summed E-state index contributed by atoms with van der Waals surface area (Å²) in [6.45, 7) is 3.87. The van der Waals surface area contributed by atoms with Gasteiger partial charge in [-0.3, -0.25) is 4.79 Å². The van der Waals surface area contributed by atoms with Crippen LogP contribution in [0.1, 0.15) is 26.7 Å². The lowest BCUT2D eigenvalue weighted by molar-refractivity contribution is -0.131. The van der Waals surface area contributed by atoms with E-state index in [1.54, 1.807) is 0 Å². The molecule has 1 rings (SSSR count). The van der Waals surface area contributed by atoms with Crippen LogP contribution in [-0.4, -0.2) is 23.2 Å². The van der Waals surface area contributed by atoms with Crippen molar-refractivity contribution >= 4 is 5.91 Å². The zero-order valence-electron chi connectivity index (χ0n) is 7.00. The Morgan fingerprint density at radius 1 is 1.55 bits per heavy atom. The van der Waals surface area contributed by atoms with Gasteiger partial charge in [-0.05, 0) is 26.7 Å². The molecule has 0 radical (unpaired) electrons. The molecule has 0 saturated heterocycles.